The van der Waals surface area contributed by atoms with Gasteiger partial charge in [-0.2, -0.15) is 0 Å². The molecule has 4 nitrogen and oxygen atoms in total. The van der Waals surface area contributed by atoms with Crippen molar-refractivity contribution in [2.45, 2.75) is 17.0 Å². The molecule has 4 rings (SSSR count). The fourth-order valence-corrected chi connectivity index (χ4v) is 4.51. The van der Waals surface area contributed by atoms with Crippen LogP contribution in [0, 0.1) is 6.92 Å². The lowest BCUT2D eigenvalue weighted by molar-refractivity contribution is 1.01. The number of thiazole rings is 1. The van der Waals surface area contributed by atoms with Crippen molar-refractivity contribution in [1.29, 1.82) is 0 Å². The van der Waals surface area contributed by atoms with E-state index < -0.39 is 0 Å². The van der Waals surface area contributed by atoms with Gasteiger partial charge in [-0.1, -0.05) is 23.4 Å². The van der Waals surface area contributed by atoms with Gasteiger partial charge >= 0.3 is 0 Å². The average molecular weight is 374 g/mol. The minimum absolute atomic E-state index is 0.0633. The Morgan fingerprint density at radius 2 is 2.08 bits per heavy atom. The van der Waals surface area contributed by atoms with E-state index in [9.17, 15) is 4.79 Å². The van der Waals surface area contributed by atoms with Crippen molar-refractivity contribution in [3.8, 4) is 0 Å². The lowest BCUT2D eigenvalue weighted by Gasteiger charge is -2.04. The molecule has 7 heteroatoms. The standard InChI is InChI=1S/C17H12ClN3OS2/c1-10-4-5-21-15(6-10)19-12(8-16(21)22)9-23-17-20-13-7-11(18)2-3-14(13)24-17/h2-8H,9H2,1H3. The molecule has 3 aromatic heterocycles. The average Bonchev–Trinajstić information content (AvgIpc) is 2.94. The highest BCUT2D eigenvalue weighted by molar-refractivity contribution is 8.00. The molecule has 0 aliphatic carbocycles. The number of thioether (sulfide) groups is 1. The van der Waals surface area contributed by atoms with Crippen LogP contribution in [0.3, 0.4) is 0 Å². The number of aryl methyl sites for hydroxylation is 1. The number of hydrogen-bond donors (Lipinski definition) is 0. The molecule has 120 valence electrons. The zero-order chi connectivity index (χ0) is 16.7. The van der Waals surface area contributed by atoms with Gasteiger partial charge in [0.05, 0.1) is 15.9 Å². The fraction of sp³-hybridized carbons (Fsp3) is 0.118. The van der Waals surface area contributed by atoms with E-state index in [1.54, 1.807) is 39.8 Å². The van der Waals surface area contributed by atoms with Gasteiger partial charge < -0.3 is 0 Å². The van der Waals surface area contributed by atoms with E-state index in [0.29, 0.717) is 16.4 Å². The maximum absolute atomic E-state index is 12.2. The summed E-state index contributed by atoms with van der Waals surface area (Å²) in [5.74, 6) is 0.604. The lowest BCUT2D eigenvalue weighted by Crippen LogP contribution is -2.15. The summed E-state index contributed by atoms with van der Waals surface area (Å²) < 4.78 is 3.60. The maximum Gasteiger partial charge on any atom is 0.258 e. The molecule has 0 saturated carbocycles. The Morgan fingerprint density at radius 1 is 1.21 bits per heavy atom. The molecule has 4 aromatic rings. The van der Waals surface area contributed by atoms with Crippen LogP contribution in [-0.2, 0) is 5.75 Å². The number of nitrogens with zero attached hydrogens (tertiary/aromatic N) is 3. The molecule has 0 amide bonds. The monoisotopic (exact) mass is 373 g/mol. The van der Waals surface area contributed by atoms with E-state index in [1.807, 2.05) is 37.3 Å². The minimum Gasteiger partial charge on any atom is -0.269 e. The highest BCUT2D eigenvalue weighted by atomic mass is 35.5. The third-order valence-corrected chi connectivity index (χ3v) is 6.00. The Hall–Kier alpha value is -1.89. The molecular weight excluding hydrogens is 362 g/mol. The second kappa shape index (κ2) is 6.20. The van der Waals surface area contributed by atoms with Crippen molar-refractivity contribution in [1.82, 2.24) is 14.4 Å². The number of aromatic nitrogens is 3. The third-order valence-electron chi connectivity index (χ3n) is 3.55. The zero-order valence-corrected chi connectivity index (χ0v) is 15.1. The summed E-state index contributed by atoms with van der Waals surface area (Å²) in [6, 6.07) is 11.1. The van der Waals surface area contributed by atoms with E-state index in [0.717, 1.165) is 25.8 Å². The molecule has 0 bridgehead atoms. The summed E-state index contributed by atoms with van der Waals surface area (Å²) in [4.78, 5) is 21.3. The number of hydrogen-bond acceptors (Lipinski definition) is 5. The van der Waals surface area contributed by atoms with Gasteiger partial charge in [0, 0.05) is 23.0 Å². The first-order valence-corrected chi connectivity index (χ1v) is 9.44. The summed E-state index contributed by atoms with van der Waals surface area (Å²) in [6.45, 7) is 1.99. The van der Waals surface area contributed by atoms with Gasteiger partial charge in [0.15, 0.2) is 4.34 Å². The van der Waals surface area contributed by atoms with Crippen LogP contribution >= 0.6 is 34.7 Å². The molecule has 0 atom stereocenters. The molecular formula is C17H12ClN3OS2. The summed E-state index contributed by atoms with van der Waals surface area (Å²) in [5.41, 5.74) is 3.35. The maximum atomic E-state index is 12.2. The Balaban J connectivity index is 1.62. The SMILES string of the molecule is Cc1ccn2c(=O)cc(CSc3nc4cc(Cl)ccc4s3)nc2c1. The molecule has 0 radical (unpaired) electrons. The van der Waals surface area contributed by atoms with Crippen molar-refractivity contribution in [2.24, 2.45) is 0 Å². The van der Waals surface area contributed by atoms with Crippen LogP contribution in [0.1, 0.15) is 11.3 Å². The predicted octanol–water partition coefficient (Wildman–Crippen LogP) is 4.56. The van der Waals surface area contributed by atoms with Crippen LogP contribution in [0.15, 0.2) is 51.7 Å². The Labute approximate surface area is 151 Å². The number of pyridine rings is 1. The van der Waals surface area contributed by atoms with E-state index in [-0.39, 0.29) is 5.56 Å². The smallest absolute Gasteiger partial charge is 0.258 e. The summed E-state index contributed by atoms with van der Waals surface area (Å²) in [7, 11) is 0. The normalized spacial score (nSPS) is 11.4. The van der Waals surface area contributed by atoms with E-state index in [1.165, 1.54) is 0 Å². The number of halogens is 1. The van der Waals surface area contributed by atoms with Crippen molar-refractivity contribution in [3.63, 3.8) is 0 Å². The van der Waals surface area contributed by atoms with Crippen LogP contribution < -0.4 is 5.56 Å². The van der Waals surface area contributed by atoms with Crippen molar-refractivity contribution in [3.05, 3.63) is 69.2 Å². The fourth-order valence-electron chi connectivity index (χ4n) is 2.40. The summed E-state index contributed by atoms with van der Waals surface area (Å²) >= 11 is 9.20. The number of fused-ring (bicyclic) bond motifs is 2. The van der Waals surface area contributed by atoms with Gasteiger partial charge in [0.1, 0.15) is 5.65 Å². The molecule has 0 N–H and O–H groups in total. The largest absolute Gasteiger partial charge is 0.269 e. The zero-order valence-electron chi connectivity index (χ0n) is 12.7. The molecule has 0 aliphatic heterocycles. The van der Waals surface area contributed by atoms with Gasteiger partial charge in [-0.15, -0.1) is 11.3 Å². The Kier molecular flexibility index (Phi) is 4.04. The van der Waals surface area contributed by atoms with Gasteiger partial charge in [0.25, 0.3) is 5.56 Å². The quantitative estimate of drug-likeness (QED) is 0.494. The van der Waals surface area contributed by atoms with E-state index in [2.05, 4.69) is 9.97 Å². The van der Waals surface area contributed by atoms with Gasteiger partial charge in [-0.05, 0) is 42.8 Å². The van der Waals surface area contributed by atoms with Crippen LogP contribution in [0.2, 0.25) is 5.02 Å². The predicted molar refractivity (Wildman–Crippen MR) is 100 cm³/mol. The third kappa shape index (κ3) is 3.05. The second-order valence-electron chi connectivity index (χ2n) is 5.40. The van der Waals surface area contributed by atoms with E-state index >= 15 is 0 Å². The molecule has 3 heterocycles. The Morgan fingerprint density at radius 3 is 2.96 bits per heavy atom. The summed E-state index contributed by atoms with van der Waals surface area (Å²) in [6.07, 6.45) is 1.76. The second-order valence-corrected chi connectivity index (χ2v) is 8.09. The van der Waals surface area contributed by atoms with Gasteiger partial charge in [0.2, 0.25) is 0 Å². The van der Waals surface area contributed by atoms with Gasteiger partial charge in [-0.3, -0.25) is 9.20 Å². The lowest BCUT2D eigenvalue weighted by atomic mass is 10.3. The Bertz CT molecular complexity index is 1120. The van der Waals surface area contributed by atoms with Gasteiger partial charge in [-0.25, -0.2) is 9.97 Å². The number of benzene rings is 1. The minimum atomic E-state index is -0.0633. The highest BCUT2D eigenvalue weighted by Gasteiger charge is 2.08. The molecule has 24 heavy (non-hydrogen) atoms. The van der Waals surface area contributed by atoms with E-state index in [4.69, 9.17) is 11.6 Å². The molecule has 0 unspecified atom stereocenters. The highest BCUT2D eigenvalue weighted by Crippen LogP contribution is 2.32. The topological polar surface area (TPSA) is 47.3 Å². The van der Waals surface area contributed by atoms with Crippen LogP contribution in [-0.4, -0.2) is 14.4 Å². The van der Waals surface area contributed by atoms with Crippen molar-refractivity contribution in [2.75, 3.05) is 0 Å². The van der Waals surface area contributed by atoms with Crippen molar-refractivity contribution >= 4 is 50.6 Å². The van der Waals surface area contributed by atoms with Crippen LogP contribution in [0.25, 0.3) is 15.9 Å². The van der Waals surface area contributed by atoms with Crippen LogP contribution in [0.5, 0.6) is 0 Å². The molecule has 0 saturated heterocycles. The molecule has 0 spiro atoms. The van der Waals surface area contributed by atoms with Crippen LogP contribution in [0.4, 0.5) is 0 Å². The van der Waals surface area contributed by atoms with Crippen molar-refractivity contribution < 1.29 is 0 Å². The first-order valence-electron chi connectivity index (χ1n) is 7.26. The summed E-state index contributed by atoms with van der Waals surface area (Å²) in [5, 5.41) is 0.684. The molecule has 1 aromatic carbocycles. The first kappa shape index (κ1) is 15.6. The molecule has 0 fully saturated rings. The first-order chi connectivity index (χ1) is 11.6. The molecule has 0 aliphatic rings. The number of rotatable bonds is 3.